The minimum Gasteiger partial charge on any atom is -0.497 e. The molecule has 0 bridgehead atoms. The predicted octanol–water partition coefficient (Wildman–Crippen LogP) is 4.36. The quantitative estimate of drug-likeness (QED) is 0.404. The van der Waals surface area contributed by atoms with E-state index in [9.17, 15) is 21.6 Å². The van der Waals surface area contributed by atoms with Gasteiger partial charge in [-0.05, 0) is 85.6 Å². The SMILES string of the molecule is COc1ccc(S(=O)(=O)N(CC(=O)Nc2ccc(S(=O)(=O)N3CCCCC3)cc2)c2ccc(Cl)cc2)cc1. The van der Waals surface area contributed by atoms with Crippen molar-refractivity contribution in [3.8, 4) is 5.75 Å². The molecule has 0 saturated carbocycles. The number of sulfonamides is 2. The van der Waals surface area contributed by atoms with E-state index in [0.717, 1.165) is 23.6 Å². The normalized spacial score (nSPS) is 14.6. The van der Waals surface area contributed by atoms with Gasteiger partial charge in [0.05, 0.1) is 22.6 Å². The fraction of sp³-hybridized carbons (Fsp3) is 0.269. The topological polar surface area (TPSA) is 113 Å². The van der Waals surface area contributed by atoms with Gasteiger partial charge in [0.15, 0.2) is 0 Å². The van der Waals surface area contributed by atoms with Gasteiger partial charge >= 0.3 is 0 Å². The molecule has 0 atom stereocenters. The van der Waals surface area contributed by atoms with Gasteiger partial charge in [0.25, 0.3) is 10.0 Å². The van der Waals surface area contributed by atoms with Crippen LogP contribution in [0, 0.1) is 0 Å². The van der Waals surface area contributed by atoms with Crippen LogP contribution in [0.5, 0.6) is 5.75 Å². The van der Waals surface area contributed by atoms with Crippen molar-refractivity contribution in [1.82, 2.24) is 4.31 Å². The first-order valence-corrected chi connectivity index (χ1v) is 15.2. The van der Waals surface area contributed by atoms with Gasteiger partial charge in [0, 0.05) is 23.8 Å². The zero-order valence-corrected chi connectivity index (χ0v) is 23.1. The van der Waals surface area contributed by atoms with Crippen molar-refractivity contribution in [3.63, 3.8) is 0 Å². The van der Waals surface area contributed by atoms with Crippen LogP contribution >= 0.6 is 11.6 Å². The Bertz CT molecular complexity index is 1470. The monoisotopic (exact) mass is 577 g/mol. The Balaban J connectivity index is 1.54. The lowest BCUT2D eigenvalue weighted by atomic mass is 10.2. The summed E-state index contributed by atoms with van der Waals surface area (Å²) in [6.07, 6.45) is 2.67. The average Bonchev–Trinajstić information content (AvgIpc) is 2.93. The number of anilines is 2. The molecule has 1 aliphatic heterocycles. The van der Waals surface area contributed by atoms with E-state index in [0.29, 0.717) is 29.5 Å². The largest absolute Gasteiger partial charge is 0.497 e. The predicted molar refractivity (Wildman–Crippen MR) is 147 cm³/mol. The molecule has 9 nitrogen and oxygen atoms in total. The Morgan fingerprint density at radius 3 is 2.03 bits per heavy atom. The number of nitrogens with zero attached hydrogens (tertiary/aromatic N) is 2. The van der Waals surface area contributed by atoms with Crippen molar-refractivity contribution in [3.05, 3.63) is 77.8 Å². The molecule has 3 aromatic carbocycles. The lowest BCUT2D eigenvalue weighted by Crippen LogP contribution is -2.38. The Kier molecular flexibility index (Phi) is 8.61. The van der Waals surface area contributed by atoms with Gasteiger partial charge < -0.3 is 10.1 Å². The highest BCUT2D eigenvalue weighted by molar-refractivity contribution is 7.92. The van der Waals surface area contributed by atoms with Gasteiger partial charge in [-0.3, -0.25) is 9.10 Å². The number of halogens is 1. The second kappa shape index (κ2) is 11.7. The second-order valence-corrected chi connectivity index (χ2v) is 12.9. The molecule has 0 aliphatic carbocycles. The first kappa shape index (κ1) is 27.9. The fourth-order valence-corrected chi connectivity index (χ4v) is 7.16. The maximum atomic E-state index is 13.5. The first-order chi connectivity index (χ1) is 18.1. The molecule has 38 heavy (non-hydrogen) atoms. The minimum absolute atomic E-state index is 0.0201. The number of carbonyl (C=O) groups excluding carboxylic acids is 1. The average molecular weight is 578 g/mol. The number of piperidine rings is 1. The van der Waals surface area contributed by atoms with Crippen LogP contribution in [0.15, 0.2) is 82.6 Å². The molecule has 1 saturated heterocycles. The zero-order valence-electron chi connectivity index (χ0n) is 20.7. The molecule has 0 radical (unpaired) electrons. The summed E-state index contributed by atoms with van der Waals surface area (Å²) in [6.45, 7) is 0.456. The molecule has 0 spiro atoms. The summed E-state index contributed by atoms with van der Waals surface area (Å²) in [4.78, 5) is 13.1. The van der Waals surface area contributed by atoms with Crippen LogP contribution < -0.4 is 14.4 Å². The fourth-order valence-electron chi connectivity index (χ4n) is 4.09. The Morgan fingerprint density at radius 2 is 1.45 bits per heavy atom. The molecule has 1 aliphatic rings. The van der Waals surface area contributed by atoms with Crippen molar-refractivity contribution >= 4 is 48.9 Å². The van der Waals surface area contributed by atoms with Gasteiger partial charge in [-0.2, -0.15) is 4.31 Å². The van der Waals surface area contributed by atoms with E-state index in [1.54, 1.807) is 0 Å². The van der Waals surface area contributed by atoms with Gasteiger partial charge in [-0.15, -0.1) is 0 Å². The number of nitrogens with one attached hydrogen (secondary N) is 1. The maximum Gasteiger partial charge on any atom is 0.264 e. The number of benzene rings is 3. The van der Waals surface area contributed by atoms with Crippen LogP contribution in [0.4, 0.5) is 11.4 Å². The molecule has 1 N–H and O–H groups in total. The van der Waals surface area contributed by atoms with Crippen LogP contribution in [0.2, 0.25) is 5.02 Å². The van der Waals surface area contributed by atoms with E-state index in [1.807, 2.05) is 0 Å². The second-order valence-electron chi connectivity index (χ2n) is 8.70. The summed E-state index contributed by atoms with van der Waals surface area (Å²) in [5.41, 5.74) is 0.592. The third kappa shape index (κ3) is 6.29. The van der Waals surface area contributed by atoms with Gasteiger partial charge in [-0.25, -0.2) is 16.8 Å². The molecule has 202 valence electrons. The van der Waals surface area contributed by atoms with Crippen LogP contribution in [0.1, 0.15) is 19.3 Å². The molecule has 0 aromatic heterocycles. The molecule has 4 rings (SSSR count). The standard InChI is InChI=1S/C26H28ClN3O6S2/c1-36-23-11-15-25(16-12-23)38(34,35)30(22-9-5-20(27)6-10-22)19-26(31)28-21-7-13-24(14-8-21)37(32,33)29-17-3-2-4-18-29/h5-16H,2-4,17-19H2,1H3,(H,28,31). The number of methoxy groups -OCH3 is 1. The summed E-state index contributed by atoms with van der Waals surface area (Å²) < 4.78 is 60.3. The van der Waals surface area contributed by atoms with E-state index in [1.165, 1.54) is 84.2 Å². The van der Waals surface area contributed by atoms with E-state index in [-0.39, 0.29) is 15.5 Å². The first-order valence-electron chi connectivity index (χ1n) is 11.9. The van der Waals surface area contributed by atoms with Crippen LogP contribution in [-0.2, 0) is 24.8 Å². The molecule has 1 heterocycles. The van der Waals surface area contributed by atoms with Crippen LogP contribution in [-0.4, -0.2) is 53.8 Å². The van der Waals surface area contributed by atoms with Gasteiger partial charge in [-0.1, -0.05) is 18.0 Å². The van der Waals surface area contributed by atoms with Crippen molar-refractivity contribution in [1.29, 1.82) is 0 Å². The summed E-state index contributed by atoms with van der Waals surface area (Å²) in [5, 5.41) is 3.07. The van der Waals surface area contributed by atoms with Crippen molar-refractivity contribution in [2.45, 2.75) is 29.1 Å². The van der Waals surface area contributed by atoms with Gasteiger partial charge in [0.2, 0.25) is 15.9 Å². The number of hydrogen-bond acceptors (Lipinski definition) is 6. The summed E-state index contributed by atoms with van der Waals surface area (Å²) >= 11 is 5.98. The summed E-state index contributed by atoms with van der Waals surface area (Å²) in [6, 6.07) is 17.8. The zero-order chi connectivity index (χ0) is 27.3. The van der Waals surface area contributed by atoms with Crippen molar-refractivity contribution < 1.29 is 26.4 Å². The number of carbonyl (C=O) groups is 1. The molecule has 3 aromatic rings. The molecular weight excluding hydrogens is 550 g/mol. The number of rotatable bonds is 9. The molecule has 1 amide bonds. The highest BCUT2D eigenvalue weighted by Crippen LogP contribution is 2.27. The lowest BCUT2D eigenvalue weighted by molar-refractivity contribution is -0.114. The highest BCUT2D eigenvalue weighted by Gasteiger charge is 2.28. The lowest BCUT2D eigenvalue weighted by Gasteiger charge is -2.26. The third-order valence-corrected chi connectivity index (χ3v) is 10.1. The highest BCUT2D eigenvalue weighted by atomic mass is 35.5. The summed E-state index contributed by atoms with van der Waals surface area (Å²) in [7, 11) is -6.26. The number of amides is 1. The molecular formula is C26H28ClN3O6S2. The van der Waals surface area contributed by atoms with Crippen molar-refractivity contribution in [2.75, 3.05) is 36.4 Å². The van der Waals surface area contributed by atoms with Crippen molar-refractivity contribution in [2.24, 2.45) is 0 Å². The van der Waals surface area contributed by atoms with E-state index >= 15 is 0 Å². The van der Waals surface area contributed by atoms with E-state index in [4.69, 9.17) is 16.3 Å². The smallest absolute Gasteiger partial charge is 0.264 e. The molecule has 12 heteroatoms. The number of ether oxygens (including phenoxy) is 1. The van der Waals surface area contributed by atoms with Crippen LogP contribution in [0.3, 0.4) is 0 Å². The molecule has 0 unspecified atom stereocenters. The Morgan fingerprint density at radius 1 is 0.868 bits per heavy atom. The van der Waals surface area contributed by atoms with E-state index in [2.05, 4.69) is 5.32 Å². The van der Waals surface area contributed by atoms with Crippen LogP contribution in [0.25, 0.3) is 0 Å². The number of hydrogen-bond donors (Lipinski definition) is 1. The Hall–Kier alpha value is -3.12. The van der Waals surface area contributed by atoms with Gasteiger partial charge in [0.1, 0.15) is 12.3 Å². The minimum atomic E-state index is -4.13. The summed E-state index contributed by atoms with van der Waals surface area (Å²) in [5.74, 6) is -0.117. The van der Waals surface area contributed by atoms with E-state index < -0.39 is 32.5 Å². The maximum absolute atomic E-state index is 13.5. The third-order valence-electron chi connectivity index (χ3n) is 6.14. The molecule has 1 fully saturated rings. The Labute approximate surface area is 228 Å².